The van der Waals surface area contributed by atoms with Gasteiger partial charge in [-0.3, -0.25) is 28.9 Å². The zero-order valence-corrected chi connectivity index (χ0v) is 39.4. The molecule has 1 aliphatic carbocycles. The molecule has 16 heteroatoms. The first-order chi connectivity index (χ1) is 28.5. The van der Waals surface area contributed by atoms with Crippen molar-refractivity contribution in [1.82, 2.24) is 35.2 Å². The van der Waals surface area contributed by atoms with Crippen LogP contribution in [0.1, 0.15) is 114 Å². The molecule has 0 radical (unpaired) electrons. The number of aryl methyl sites for hydroxylation is 1. The van der Waals surface area contributed by atoms with Crippen molar-refractivity contribution in [3.63, 3.8) is 0 Å². The monoisotopic (exact) mass is 866 g/mol. The van der Waals surface area contributed by atoms with Gasteiger partial charge in [0.15, 0.2) is 0 Å². The summed E-state index contributed by atoms with van der Waals surface area (Å²) in [5, 5.41) is 10.3. The van der Waals surface area contributed by atoms with Gasteiger partial charge in [-0.05, 0) is 84.4 Å². The molecule has 0 spiro atoms. The molecular formula is C46H71N7O9. The fraction of sp³-hybridized carbons (Fsp3) is 0.630. The molecule has 1 fully saturated rings. The van der Waals surface area contributed by atoms with Crippen LogP contribution in [0.5, 0.6) is 0 Å². The highest BCUT2D eigenvalue weighted by atomic mass is 16.6. The van der Waals surface area contributed by atoms with E-state index >= 15 is 0 Å². The summed E-state index contributed by atoms with van der Waals surface area (Å²) >= 11 is 0. The van der Waals surface area contributed by atoms with Crippen molar-refractivity contribution >= 4 is 53.8 Å². The predicted octanol–water partition coefficient (Wildman–Crippen LogP) is 2.91. The summed E-state index contributed by atoms with van der Waals surface area (Å²) in [4.78, 5) is 98.1. The molecule has 16 nitrogen and oxygen atoms in total. The zero-order chi connectivity index (χ0) is 47.1. The average Bonchev–Trinajstić information content (AvgIpc) is 3.67. The van der Waals surface area contributed by atoms with E-state index in [1.54, 1.807) is 62.4 Å². The lowest BCUT2D eigenvalue weighted by Gasteiger charge is -2.40. The van der Waals surface area contributed by atoms with Gasteiger partial charge in [-0.1, -0.05) is 52.5 Å². The fourth-order valence-electron chi connectivity index (χ4n) is 7.49. The Morgan fingerprint density at radius 3 is 2.10 bits per heavy atom. The van der Waals surface area contributed by atoms with Gasteiger partial charge in [0.05, 0.1) is 6.42 Å². The van der Waals surface area contributed by atoms with Crippen LogP contribution in [0.25, 0.3) is 12.2 Å². The number of esters is 1. The number of aromatic nitrogens is 1. The van der Waals surface area contributed by atoms with Crippen LogP contribution in [0.3, 0.4) is 0 Å². The third kappa shape index (κ3) is 13.5. The molecule has 2 aliphatic rings. The maximum atomic E-state index is 14.6. The second kappa shape index (κ2) is 20.6. The summed E-state index contributed by atoms with van der Waals surface area (Å²) in [5.74, 6) is -3.41. The number of hydrogen-bond donors (Lipinski definition) is 3. The summed E-state index contributed by atoms with van der Waals surface area (Å²) in [6.45, 7) is 23.4. The standard InChI is InChI=1S/C46H71N7O9/c1-28(2)37(49-40(57)38(52(15)43(60)62-45(8,9)10)46(11,12)32-27-51(14)34-19-17-16-18-31(32)34)41(58)50(13)24-22-29(3)39(56)48-33(42(59)61-44(5,6)7)26-35(54)47-23-25-53-30(4)20-21-36(53)55/h18-19,22,27-28,33,37-38H,4,16-17,20-21,23-26H2,1-3,5-15H3,(H,47,54)(H,48,56)(H,49,57)/b29-22+/t33?,37?,38-/m1/s1. The van der Waals surface area contributed by atoms with Gasteiger partial charge in [0, 0.05) is 75.4 Å². The number of carbonyl (C=O) groups is 7. The topological polar surface area (TPSA) is 189 Å². The van der Waals surface area contributed by atoms with Crippen molar-refractivity contribution in [2.75, 3.05) is 33.7 Å². The summed E-state index contributed by atoms with van der Waals surface area (Å²) in [6.07, 6.45) is 9.36. The smallest absolute Gasteiger partial charge is 0.410 e. The molecule has 1 saturated heterocycles. The Morgan fingerprint density at radius 2 is 1.53 bits per heavy atom. The molecule has 344 valence electrons. The number of likely N-dealkylation sites (N-methyl/N-ethyl adjacent to an activating group) is 2. The molecule has 62 heavy (non-hydrogen) atoms. The Morgan fingerprint density at radius 1 is 0.919 bits per heavy atom. The van der Waals surface area contributed by atoms with Gasteiger partial charge in [0.1, 0.15) is 29.3 Å². The molecule has 1 aliphatic heterocycles. The number of fused-ring (bicyclic) bond motifs is 1. The second-order valence-corrected chi connectivity index (χ2v) is 19.2. The molecular weight excluding hydrogens is 795 g/mol. The van der Waals surface area contributed by atoms with Crippen LogP contribution in [0.15, 0.2) is 30.1 Å². The van der Waals surface area contributed by atoms with Crippen molar-refractivity contribution in [2.24, 2.45) is 13.0 Å². The Labute approximate surface area is 367 Å². The number of nitrogens with zero attached hydrogens (tertiary/aromatic N) is 4. The quantitative estimate of drug-likeness (QED) is 0.156. The summed E-state index contributed by atoms with van der Waals surface area (Å²) in [6, 6.07) is -3.44. The molecule has 0 aromatic carbocycles. The first kappa shape index (κ1) is 50.9. The molecule has 3 atom stereocenters. The maximum Gasteiger partial charge on any atom is 0.410 e. The van der Waals surface area contributed by atoms with Gasteiger partial charge in [-0.2, -0.15) is 0 Å². The SMILES string of the molecule is C=C1CCC(=O)N1CCNC(=O)CC(NC(=O)/C(C)=C/CN(C)C(=O)C(NC(=O)[C@@H](N(C)C(=O)OC(C)(C)C)C(C)(C)c1cn(C)c2c1=CCCC=2)C(C)C)C(=O)OC(C)(C)C. The van der Waals surface area contributed by atoms with Crippen LogP contribution in [-0.4, -0.2) is 124 Å². The van der Waals surface area contributed by atoms with E-state index in [2.05, 4.69) is 34.7 Å². The molecule has 3 N–H and O–H groups in total. The van der Waals surface area contributed by atoms with Crippen LogP contribution >= 0.6 is 0 Å². The minimum absolute atomic E-state index is 0.0372. The van der Waals surface area contributed by atoms with Crippen LogP contribution in [0.4, 0.5) is 4.79 Å². The van der Waals surface area contributed by atoms with E-state index in [9.17, 15) is 33.6 Å². The van der Waals surface area contributed by atoms with Crippen LogP contribution < -0.4 is 26.5 Å². The van der Waals surface area contributed by atoms with E-state index < -0.39 is 76.9 Å². The van der Waals surface area contributed by atoms with Gasteiger partial charge in [0.25, 0.3) is 0 Å². The van der Waals surface area contributed by atoms with E-state index in [-0.39, 0.29) is 37.0 Å². The lowest BCUT2D eigenvalue weighted by atomic mass is 9.76. The molecule has 1 aromatic rings. The van der Waals surface area contributed by atoms with Crippen molar-refractivity contribution < 1.29 is 43.0 Å². The van der Waals surface area contributed by atoms with E-state index in [0.29, 0.717) is 18.5 Å². The van der Waals surface area contributed by atoms with E-state index in [1.807, 2.05) is 31.7 Å². The van der Waals surface area contributed by atoms with Crippen LogP contribution in [-0.2, 0) is 50.7 Å². The molecule has 0 bridgehead atoms. The average molecular weight is 866 g/mol. The Kier molecular flexibility index (Phi) is 17.0. The molecule has 2 heterocycles. The lowest BCUT2D eigenvalue weighted by Crippen LogP contribution is -2.62. The zero-order valence-electron chi connectivity index (χ0n) is 39.4. The summed E-state index contributed by atoms with van der Waals surface area (Å²) in [5.41, 5.74) is -0.962. The summed E-state index contributed by atoms with van der Waals surface area (Å²) < 4.78 is 13.2. The minimum atomic E-state index is -1.33. The fourth-order valence-corrected chi connectivity index (χ4v) is 7.49. The number of likely N-dealkylation sites (tertiary alicyclic amines) is 1. The van der Waals surface area contributed by atoms with Crippen molar-refractivity contribution in [3.8, 4) is 0 Å². The Bertz CT molecular complexity index is 2040. The van der Waals surface area contributed by atoms with Gasteiger partial charge >= 0.3 is 12.1 Å². The van der Waals surface area contributed by atoms with E-state index in [1.165, 1.54) is 34.7 Å². The first-order valence-corrected chi connectivity index (χ1v) is 21.4. The van der Waals surface area contributed by atoms with Crippen molar-refractivity contribution in [3.05, 3.63) is 46.3 Å². The highest BCUT2D eigenvalue weighted by molar-refractivity contribution is 5.97. The Balaban J connectivity index is 1.80. The Hall–Kier alpha value is -5.41. The van der Waals surface area contributed by atoms with Crippen LogP contribution in [0.2, 0.25) is 0 Å². The number of amides is 6. The molecule has 3 rings (SSSR count). The lowest BCUT2D eigenvalue weighted by molar-refractivity contribution is -0.159. The second-order valence-electron chi connectivity index (χ2n) is 19.2. The normalized spacial score (nSPS) is 16.0. The minimum Gasteiger partial charge on any atom is -0.458 e. The van der Waals surface area contributed by atoms with E-state index in [4.69, 9.17) is 9.47 Å². The van der Waals surface area contributed by atoms with Gasteiger partial charge in [-0.25, -0.2) is 9.59 Å². The van der Waals surface area contributed by atoms with Gasteiger partial charge < -0.3 is 39.8 Å². The maximum absolute atomic E-state index is 14.6. The largest absolute Gasteiger partial charge is 0.458 e. The van der Waals surface area contributed by atoms with Gasteiger partial charge in [-0.15, -0.1) is 0 Å². The van der Waals surface area contributed by atoms with E-state index in [0.717, 1.165) is 29.0 Å². The highest BCUT2D eigenvalue weighted by Gasteiger charge is 2.45. The third-order valence-electron chi connectivity index (χ3n) is 10.8. The van der Waals surface area contributed by atoms with Gasteiger partial charge in [0.2, 0.25) is 29.5 Å². The third-order valence-corrected chi connectivity index (χ3v) is 10.8. The number of rotatable bonds is 17. The highest BCUT2D eigenvalue weighted by Crippen LogP contribution is 2.30. The number of allylic oxidation sites excluding steroid dienone is 1. The number of nitrogens with one attached hydrogen (secondary N) is 3. The molecule has 6 amide bonds. The number of ether oxygens (including phenoxy) is 2. The molecule has 2 unspecified atom stereocenters. The van der Waals surface area contributed by atoms with Crippen molar-refractivity contribution in [1.29, 1.82) is 0 Å². The number of carbonyl (C=O) groups excluding carboxylic acids is 7. The number of hydrogen-bond acceptors (Lipinski definition) is 9. The molecule has 1 aromatic heterocycles. The summed E-state index contributed by atoms with van der Waals surface area (Å²) in [7, 11) is 5.02. The predicted molar refractivity (Wildman–Crippen MR) is 237 cm³/mol. The first-order valence-electron chi connectivity index (χ1n) is 21.4. The van der Waals surface area contributed by atoms with Crippen molar-refractivity contribution in [2.45, 2.75) is 143 Å². The van der Waals surface area contributed by atoms with Crippen LogP contribution in [0, 0.1) is 5.92 Å². The molecule has 0 saturated carbocycles.